The Morgan fingerprint density at radius 3 is 2.48 bits per heavy atom. The first-order chi connectivity index (χ1) is 14.8. The van der Waals surface area contributed by atoms with Gasteiger partial charge in [-0.3, -0.25) is 14.0 Å². The molecule has 7 nitrogen and oxygen atoms in total. The molecule has 11 heteroatoms. The van der Waals surface area contributed by atoms with Crippen LogP contribution in [-0.2, 0) is 0 Å². The number of aromatic amines is 1. The highest BCUT2D eigenvalue weighted by molar-refractivity contribution is 7.12. The number of aliphatic hydroxyl groups excluding tert-OH is 1. The van der Waals surface area contributed by atoms with Crippen LogP contribution >= 0.6 is 11.5 Å². The summed E-state index contributed by atoms with van der Waals surface area (Å²) < 4.78 is 50.1. The molecule has 1 aliphatic carbocycles. The van der Waals surface area contributed by atoms with Crippen LogP contribution in [0.1, 0.15) is 31.7 Å². The van der Waals surface area contributed by atoms with Crippen molar-refractivity contribution >= 4 is 38.3 Å². The average Bonchev–Trinajstić information content (AvgIpc) is 3.50. The van der Waals surface area contributed by atoms with Crippen molar-refractivity contribution in [2.75, 3.05) is 24.6 Å². The summed E-state index contributed by atoms with van der Waals surface area (Å²) in [6.07, 6.45) is 2.35. The van der Waals surface area contributed by atoms with Crippen LogP contribution in [0.15, 0.2) is 9.59 Å². The number of nitrogens with zero attached hydrogens (tertiary/aromatic N) is 2. The van der Waals surface area contributed by atoms with E-state index in [2.05, 4.69) is 4.37 Å². The van der Waals surface area contributed by atoms with Crippen molar-refractivity contribution < 1.29 is 18.3 Å². The third-order valence-corrected chi connectivity index (χ3v) is 7.28. The summed E-state index contributed by atoms with van der Waals surface area (Å²) in [6, 6.07) is -0.636. The average molecular weight is 454 g/mol. The number of anilines is 1. The number of piperidine rings is 1. The molecule has 0 unspecified atom stereocenters. The highest BCUT2D eigenvalue weighted by atomic mass is 32.1. The first-order valence-corrected chi connectivity index (χ1v) is 11.0. The van der Waals surface area contributed by atoms with E-state index in [0.717, 1.165) is 11.5 Å². The maximum Gasteiger partial charge on any atom is 0.271 e. The molecular weight excluding hydrogens is 433 g/mol. The van der Waals surface area contributed by atoms with E-state index >= 15 is 13.2 Å². The minimum Gasteiger partial charge on any atom is -0.396 e. The Morgan fingerprint density at radius 2 is 1.84 bits per heavy atom. The molecule has 1 aliphatic heterocycles. The molecule has 1 aromatic carbocycles. The molecule has 4 N–H and O–H groups in total. The van der Waals surface area contributed by atoms with Crippen molar-refractivity contribution in [1.29, 1.82) is 0 Å². The molecule has 1 saturated heterocycles. The van der Waals surface area contributed by atoms with Gasteiger partial charge in [-0.15, -0.1) is 0 Å². The fraction of sp³-hybridized carbons (Fsp3) is 0.500. The van der Waals surface area contributed by atoms with Crippen molar-refractivity contribution in [2.45, 2.75) is 37.8 Å². The maximum absolute atomic E-state index is 15.9. The number of H-pyrrole nitrogens is 1. The summed E-state index contributed by atoms with van der Waals surface area (Å²) in [6.45, 7) is 0.302. The molecule has 0 radical (unpaired) electrons. The SMILES string of the molecule is N[C@@H]1CN(c2c(F)c(F)c3c(=O)c4c(=O)[nH]sc4n(C4CC4)c3c2F)CC[C@H]1CCO. The number of hydrogen-bond donors (Lipinski definition) is 3. The van der Waals surface area contributed by atoms with E-state index in [1.807, 2.05) is 0 Å². The van der Waals surface area contributed by atoms with Crippen LogP contribution < -0.4 is 21.6 Å². The predicted molar refractivity (Wildman–Crippen MR) is 112 cm³/mol. The van der Waals surface area contributed by atoms with Gasteiger partial charge in [0.25, 0.3) is 5.56 Å². The first kappa shape index (κ1) is 20.5. The fourth-order valence-electron chi connectivity index (χ4n) is 4.68. The van der Waals surface area contributed by atoms with Crippen LogP contribution in [-0.4, -0.2) is 39.8 Å². The fourth-order valence-corrected chi connectivity index (χ4v) is 5.59. The van der Waals surface area contributed by atoms with E-state index in [9.17, 15) is 9.59 Å². The predicted octanol–water partition coefficient (Wildman–Crippen LogP) is 2.19. The molecule has 3 heterocycles. The molecule has 31 heavy (non-hydrogen) atoms. The number of rotatable bonds is 4. The van der Waals surface area contributed by atoms with Crippen molar-refractivity contribution in [3.8, 4) is 0 Å². The lowest BCUT2D eigenvalue weighted by Gasteiger charge is -2.38. The standard InChI is InChI=1S/C20H21F3N4O3S/c21-13-11-16(27(9-1-2-9)20-12(18(11)29)19(30)25-31-20)15(23)17(14(13)22)26-5-3-8(4-6-28)10(24)7-26/h8-10,28H,1-7,24H2,(H,25,30)/t8-,10+/m0/s1. The summed E-state index contributed by atoms with van der Waals surface area (Å²) >= 11 is 0.890. The van der Waals surface area contributed by atoms with Crippen LogP contribution in [0.3, 0.4) is 0 Å². The van der Waals surface area contributed by atoms with Crippen LogP contribution in [0.2, 0.25) is 0 Å². The summed E-state index contributed by atoms with van der Waals surface area (Å²) in [5, 5.41) is 8.16. The Kier molecular flexibility index (Phi) is 4.87. The van der Waals surface area contributed by atoms with Gasteiger partial charge in [-0.05, 0) is 43.1 Å². The Morgan fingerprint density at radius 1 is 1.10 bits per heavy atom. The number of benzene rings is 1. The lowest BCUT2D eigenvalue weighted by atomic mass is 9.89. The second kappa shape index (κ2) is 7.35. The largest absolute Gasteiger partial charge is 0.396 e. The van der Waals surface area contributed by atoms with E-state index in [-0.39, 0.29) is 47.4 Å². The van der Waals surface area contributed by atoms with Gasteiger partial charge in [-0.25, -0.2) is 13.2 Å². The number of halogens is 3. The van der Waals surface area contributed by atoms with Crippen LogP contribution in [0.25, 0.3) is 21.1 Å². The molecule has 0 spiro atoms. The van der Waals surface area contributed by atoms with Gasteiger partial charge in [0, 0.05) is 31.8 Å². The molecule has 166 valence electrons. The van der Waals surface area contributed by atoms with Gasteiger partial charge in [-0.2, -0.15) is 0 Å². The van der Waals surface area contributed by atoms with Gasteiger partial charge in [0.15, 0.2) is 17.5 Å². The summed E-state index contributed by atoms with van der Waals surface area (Å²) in [4.78, 5) is 26.6. The number of fused-ring (bicyclic) bond motifs is 2. The van der Waals surface area contributed by atoms with Gasteiger partial charge in [0.05, 0.1) is 10.9 Å². The molecule has 2 atom stereocenters. The van der Waals surface area contributed by atoms with E-state index in [1.165, 1.54) is 9.47 Å². The van der Waals surface area contributed by atoms with Crippen molar-refractivity contribution in [3.05, 3.63) is 38.0 Å². The monoisotopic (exact) mass is 454 g/mol. The van der Waals surface area contributed by atoms with Gasteiger partial charge >= 0.3 is 0 Å². The molecule has 1 saturated carbocycles. The van der Waals surface area contributed by atoms with Crippen LogP contribution in [0.5, 0.6) is 0 Å². The summed E-state index contributed by atoms with van der Waals surface area (Å²) in [7, 11) is 0. The van der Waals surface area contributed by atoms with Crippen molar-refractivity contribution in [2.24, 2.45) is 11.7 Å². The van der Waals surface area contributed by atoms with Gasteiger partial charge in [-0.1, -0.05) is 0 Å². The second-order valence-corrected chi connectivity index (χ2v) is 9.12. The quantitative estimate of drug-likeness (QED) is 0.525. The van der Waals surface area contributed by atoms with Crippen LogP contribution in [0.4, 0.5) is 18.9 Å². The number of aromatic nitrogens is 2. The number of hydrogen-bond acceptors (Lipinski definition) is 6. The van der Waals surface area contributed by atoms with E-state index in [0.29, 0.717) is 25.7 Å². The lowest BCUT2D eigenvalue weighted by molar-refractivity contribution is 0.226. The number of pyridine rings is 1. The van der Waals surface area contributed by atoms with Gasteiger partial charge in [0.2, 0.25) is 5.43 Å². The summed E-state index contributed by atoms with van der Waals surface area (Å²) in [5.41, 5.74) is 3.59. The Hall–Kier alpha value is -2.37. The third-order valence-electron chi connectivity index (χ3n) is 6.40. The number of aliphatic hydroxyl groups is 1. The highest BCUT2D eigenvalue weighted by Gasteiger charge is 2.36. The normalized spacial score (nSPS) is 22.0. The lowest BCUT2D eigenvalue weighted by Crippen LogP contribution is -2.49. The van der Waals surface area contributed by atoms with Gasteiger partial charge in [0.1, 0.15) is 15.9 Å². The van der Waals surface area contributed by atoms with Crippen molar-refractivity contribution in [1.82, 2.24) is 8.94 Å². The minimum atomic E-state index is -1.46. The topological polar surface area (TPSA) is 104 Å². The Bertz CT molecular complexity index is 1310. The zero-order valence-corrected chi connectivity index (χ0v) is 17.3. The highest BCUT2D eigenvalue weighted by Crippen LogP contribution is 2.43. The number of nitrogens with two attached hydrogens (primary N) is 1. The molecule has 0 bridgehead atoms. The minimum absolute atomic E-state index is 0.000855. The molecule has 2 aromatic heterocycles. The molecule has 5 rings (SSSR count). The van der Waals surface area contributed by atoms with Crippen LogP contribution in [0, 0.1) is 23.4 Å². The van der Waals surface area contributed by atoms with E-state index in [4.69, 9.17) is 10.8 Å². The summed E-state index contributed by atoms with van der Waals surface area (Å²) in [5.74, 6) is -3.93. The third kappa shape index (κ3) is 3.01. The van der Waals surface area contributed by atoms with E-state index < -0.39 is 45.6 Å². The first-order valence-electron chi connectivity index (χ1n) is 10.2. The van der Waals surface area contributed by atoms with Crippen molar-refractivity contribution in [3.63, 3.8) is 0 Å². The van der Waals surface area contributed by atoms with Gasteiger partial charge < -0.3 is 20.3 Å². The zero-order valence-electron chi connectivity index (χ0n) is 16.5. The maximum atomic E-state index is 15.9. The molecule has 2 aliphatic rings. The molecule has 0 amide bonds. The molecular formula is C20H21F3N4O3S. The second-order valence-electron chi connectivity index (χ2n) is 8.33. The zero-order chi connectivity index (χ0) is 22.0. The molecule has 2 fully saturated rings. The number of nitrogens with one attached hydrogen (secondary N) is 1. The molecule has 3 aromatic rings. The smallest absolute Gasteiger partial charge is 0.271 e. The Balaban J connectivity index is 1.77. The van der Waals surface area contributed by atoms with E-state index in [1.54, 1.807) is 0 Å². The Labute approximate surface area is 178 Å².